The third-order valence-electron chi connectivity index (χ3n) is 3.62. The molecule has 0 radical (unpaired) electrons. The lowest BCUT2D eigenvalue weighted by atomic mass is 10.1. The maximum atomic E-state index is 12.1. The molecular weight excluding hydrogens is 414 g/mol. The Morgan fingerprint density at radius 2 is 1.67 bits per heavy atom. The van der Waals surface area contributed by atoms with Crippen molar-refractivity contribution in [2.75, 3.05) is 11.9 Å². The van der Waals surface area contributed by atoms with Gasteiger partial charge in [-0.1, -0.05) is 15.9 Å². The van der Waals surface area contributed by atoms with Gasteiger partial charge in [0.2, 0.25) is 0 Å². The molecule has 6 nitrogen and oxygen atoms in total. The zero-order valence-corrected chi connectivity index (χ0v) is 16.6. The van der Waals surface area contributed by atoms with E-state index in [0.29, 0.717) is 17.0 Å². The van der Waals surface area contributed by atoms with E-state index in [1.54, 1.807) is 48.5 Å². The van der Waals surface area contributed by atoms with E-state index in [2.05, 4.69) is 21.2 Å². The van der Waals surface area contributed by atoms with Gasteiger partial charge in [0.1, 0.15) is 5.75 Å². The number of hydrogen-bond donors (Lipinski definition) is 1. The van der Waals surface area contributed by atoms with Crippen molar-refractivity contribution in [3.8, 4) is 5.75 Å². The molecule has 0 saturated carbocycles. The average Bonchev–Trinajstić information content (AvgIpc) is 2.64. The molecule has 7 heteroatoms. The number of nitrogens with one attached hydrogen (secondary N) is 1. The zero-order valence-electron chi connectivity index (χ0n) is 15.0. The summed E-state index contributed by atoms with van der Waals surface area (Å²) in [4.78, 5) is 35.1. The van der Waals surface area contributed by atoms with Crippen LogP contribution in [0.1, 0.15) is 30.6 Å². The van der Waals surface area contributed by atoms with Crippen LogP contribution in [0, 0.1) is 0 Å². The molecule has 2 rings (SSSR count). The van der Waals surface area contributed by atoms with Gasteiger partial charge in [0, 0.05) is 15.7 Å². The first-order chi connectivity index (χ1) is 12.8. The van der Waals surface area contributed by atoms with Gasteiger partial charge >= 0.3 is 5.97 Å². The van der Waals surface area contributed by atoms with Gasteiger partial charge in [0.25, 0.3) is 5.91 Å². The molecule has 2 aromatic rings. The molecule has 1 atom stereocenters. The second-order valence-corrected chi connectivity index (χ2v) is 6.72. The summed E-state index contributed by atoms with van der Waals surface area (Å²) in [6.45, 7) is 3.10. The van der Waals surface area contributed by atoms with Crippen LogP contribution < -0.4 is 10.1 Å². The number of anilines is 1. The Hall–Kier alpha value is -2.67. The monoisotopic (exact) mass is 433 g/mol. The lowest BCUT2D eigenvalue weighted by molar-refractivity contribution is -0.153. The standard InChI is InChI=1S/C20H20BrNO5/c1-13(23)15-3-9-18(10-4-15)26-12-11-19(24)27-14(2)20(25)22-17-7-5-16(21)6-8-17/h3-10,14H,11-12H2,1-2H3,(H,22,25). The van der Waals surface area contributed by atoms with Gasteiger partial charge in [-0.25, -0.2) is 0 Å². The van der Waals surface area contributed by atoms with Crippen LogP contribution in [0.15, 0.2) is 53.0 Å². The van der Waals surface area contributed by atoms with Crippen molar-refractivity contribution in [3.05, 3.63) is 58.6 Å². The van der Waals surface area contributed by atoms with Crippen LogP contribution >= 0.6 is 15.9 Å². The zero-order chi connectivity index (χ0) is 19.8. The number of ketones is 1. The van der Waals surface area contributed by atoms with Gasteiger partial charge in [-0.3, -0.25) is 14.4 Å². The van der Waals surface area contributed by atoms with Crippen molar-refractivity contribution in [2.24, 2.45) is 0 Å². The van der Waals surface area contributed by atoms with Crippen LogP contribution in [-0.2, 0) is 14.3 Å². The lowest BCUT2D eigenvalue weighted by Crippen LogP contribution is -2.30. The summed E-state index contributed by atoms with van der Waals surface area (Å²) in [7, 11) is 0. The molecule has 0 bridgehead atoms. The van der Waals surface area contributed by atoms with Crippen molar-refractivity contribution in [3.63, 3.8) is 0 Å². The molecule has 0 saturated heterocycles. The SMILES string of the molecule is CC(=O)c1ccc(OCCC(=O)OC(C)C(=O)Nc2ccc(Br)cc2)cc1. The Bertz CT molecular complexity index is 802. The maximum Gasteiger partial charge on any atom is 0.310 e. The van der Waals surface area contributed by atoms with Gasteiger partial charge < -0.3 is 14.8 Å². The van der Waals surface area contributed by atoms with Gasteiger partial charge in [-0.2, -0.15) is 0 Å². The Balaban J connectivity index is 1.73. The van der Waals surface area contributed by atoms with Crippen molar-refractivity contribution >= 4 is 39.3 Å². The average molecular weight is 434 g/mol. The molecule has 0 aromatic heterocycles. The van der Waals surface area contributed by atoms with E-state index in [1.807, 2.05) is 0 Å². The van der Waals surface area contributed by atoms with Crippen LogP contribution in [0.25, 0.3) is 0 Å². The van der Waals surface area contributed by atoms with Crippen LogP contribution in [0.3, 0.4) is 0 Å². The molecule has 0 aliphatic rings. The summed E-state index contributed by atoms with van der Waals surface area (Å²) in [5, 5.41) is 2.67. The second-order valence-electron chi connectivity index (χ2n) is 5.81. The minimum atomic E-state index is -0.920. The molecular formula is C20H20BrNO5. The van der Waals surface area contributed by atoms with E-state index < -0.39 is 18.0 Å². The number of carbonyl (C=O) groups excluding carboxylic acids is 3. The smallest absolute Gasteiger partial charge is 0.310 e. The van der Waals surface area contributed by atoms with Crippen molar-refractivity contribution in [2.45, 2.75) is 26.4 Å². The van der Waals surface area contributed by atoms with Gasteiger partial charge in [-0.15, -0.1) is 0 Å². The molecule has 142 valence electrons. The number of esters is 1. The maximum absolute atomic E-state index is 12.1. The summed E-state index contributed by atoms with van der Waals surface area (Å²) in [5.74, 6) is -0.422. The summed E-state index contributed by atoms with van der Waals surface area (Å²) < 4.78 is 11.5. The molecule has 0 aliphatic heterocycles. The number of benzene rings is 2. The highest BCUT2D eigenvalue weighted by Crippen LogP contribution is 2.15. The number of amides is 1. The van der Waals surface area contributed by atoms with E-state index in [1.165, 1.54) is 13.8 Å². The third kappa shape index (κ3) is 6.86. The van der Waals surface area contributed by atoms with Crippen LogP contribution in [0.5, 0.6) is 5.75 Å². The normalized spacial score (nSPS) is 11.4. The van der Waals surface area contributed by atoms with E-state index >= 15 is 0 Å². The highest BCUT2D eigenvalue weighted by atomic mass is 79.9. The summed E-state index contributed by atoms with van der Waals surface area (Å²) in [5.41, 5.74) is 1.20. The largest absolute Gasteiger partial charge is 0.493 e. The van der Waals surface area contributed by atoms with Crippen molar-refractivity contribution < 1.29 is 23.9 Å². The molecule has 1 amide bonds. The number of rotatable bonds is 8. The fraction of sp³-hybridized carbons (Fsp3) is 0.250. The summed E-state index contributed by atoms with van der Waals surface area (Å²) in [6, 6.07) is 13.7. The number of ether oxygens (including phenoxy) is 2. The summed E-state index contributed by atoms with van der Waals surface area (Å²) in [6.07, 6.45) is -0.916. The molecule has 27 heavy (non-hydrogen) atoms. The predicted octanol–water partition coefficient (Wildman–Crippen LogP) is 3.99. The Kier molecular flexibility index (Phi) is 7.55. The highest BCUT2D eigenvalue weighted by molar-refractivity contribution is 9.10. The molecule has 0 fully saturated rings. The first kappa shape index (κ1) is 20.6. The topological polar surface area (TPSA) is 81.7 Å². The number of carbonyl (C=O) groups is 3. The van der Waals surface area contributed by atoms with Gasteiger partial charge in [-0.05, 0) is 62.4 Å². The highest BCUT2D eigenvalue weighted by Gasteiger charge is 2.18. The minimum Gasteiger partial charge on any atom is -0.493 e. The second kappa shape index (κ2) is 9.87. The van der Waals surface area contributed by atoms with E-state index in [-0.39, 0.29) is 18.8 Å². The number of halogens is 1. The Morgan fingerprint density at radius 3 is 2.26 bits per heavy atom. The Labute approximate surface area is 166 Å². The molecule has 0 aliphatic carbocycles. The van der Waals surface area contributed by atoms with E-state index in [9.17, 15) is 14.4 Å². The summed E-state index contributed by atoms with van der Waals surface area (Å²) >= 11 is 3.32. The van der Waals surface area contributed by atoms with E-state index in [0.717, 1.165) is 4.47 Å². The van der Waals surface area contributed by atoms with Crippen LogP contribution in [0.2, 0.25) is 0 Å². The van der Waals surface area contributed by atoms with Crippen LogP contribution in [-0.4, -0.2) is 30.4 Å². The molecule has 1 unspecified atom stereocenters. The fourth-order valence-electron chi connectivity index (χ4n) is 2.12. The fourth-order valence-corrected chi connectivity index (χ4v) is 2.39. The first-order valence-electron chi connectivity index (χ1n) is 8.35. The number of Topliss-reactive ketones (excluding diaryl/α,β-unsaturated/α-hetero) is 1. The minimum absolute atomic E-state index is 0.00433. The van der Waals surface area contributed by atoms with Crippen molar-refractivity contribution in [1.82, 2.24) is 0 Å². The molecule has 2 aromatic carbocycles. The quantitative estimate of drug-likeness (QED) is 0.502. The van der Waals surface area contributed by atoms with Gasteiger partial charge in [0.05, 0.1) is 13.0 Å². The first-order valence-corrected chi connectivity index (χ1v) is 9.14. The Morgan fingerprint density at radius 1 is 1.04 bits per heavy atom. The van der Waals surface area contributed by atoms with E-state index in [4.69, 9.17) is 9.47 Å². The molecule has 0 heterocycles. The molecule has 1 N–H and O–H groups in total. The van der Waals surface area contributed by atoms with Crippen molar-refractivity contribution in [1.29, 1.82) is 0 Å². The van der Waals surface area contributed by atoms with Crippen LogP contribution in [0.4, 0.5) is 5.69 Å². The predicted molar refractivity (Wildman–Crippen MR) is 105 cm³/mol. The third-order valence-corrected chi connectivity index (χ3v) is 4.15. The number of hydrogen-bond acceptors (Lipinski definition) is 5. The molecule has 0 spiro atoms. The lowest BCUT2D eigenvalue weighted by Gasteiger charge is -2.14. The van der Waals surface area contributed by atoms with Gasteiger partial charge in [0.15, 0.2) is 11.9 Å².